The van der Waals surface area contributed by atoms with Crippen LogP contribution in [0, 0.1) is 0 Å². The van der Waals surface area contributed by atoms with Gasteiger partial charge in [-0.3, -0.25) is 0 Å². The molecule has 1 aliphatic rings. The third kappa shape index (κ3) is 1.93. The zero-order valence-corrected chi connectivity index (χ0v) is 10.2. The molecule has 15 heavy (non-hydrogen) atoms. The second kappa shape index (κ2) is 4.18. The fraction of sp³-hybridized carbons (Fsp3) is 0.385. The minimum absolute atomic E-state index is 0.837. The van der Waals surface area contributed by atoms with Gasteiger partial charge in [0.2, 0.25) is 0 Å². The summed E-state index contributed by atoms with van der Waals surface area (Å²) in [4.78, 5) is 1.61. The lowest BCUT2D eigenvalue weighted by molar-refractivity contribution is 0.648. The molecule has 0 nitrogen and oxygen atoms in total. The lowest BCUT2D eigenvalue weighted by atomic mass is 10.0. The van der Waals surface area contributed by atoms with Crippen molar-refractivity contribution in [2.24, 2.45) is 0 Å². The number of thioether (sulfide) groups is 1. The highest BCUT2D eigenvalue weighted by atomic mass is 32.2. The first-order valence-corrected chi connectivity index (χ1v) is 7.47. The van der Waals surface area contributed by atoms with Crippen LogP contribution in [0.5, 0.6) is 0 Å². The molecular weight excluding hydrogens is 220 g/mol. The molecule has 2 heterocycles. The molecule has 0 radical (unpaired) electrons. The number of hydrogen-bond donors (Lipinski definition) is 0. The zero-order chi connectivity index (χ0) is 10.1. The lowest BCUT2D eigenvalue weighted by Gasteiger charge is -2.19. The van der Waals surface area contributed by atoms with Gasteiger partial charge in [0.25, 0.3) is 0 Å². The first kappa shape index (κ1) is 9.73. The van der Waals surface area contributed by atoms with Gasteiger partial charge in [0.15, 0.2) is 0 Å². The van der Waals surface area contributed by atoms with E-state index in [-0.39, 0.29) is 0 Å². The summed E-state index contributed by atoms with van der Waals surface area (Å²) in [5, 5.41) is 1.43. The van der Waals surface area contributed by atoms with Crippen molar-refractivity contribution in [1.82, 2.24) is 0 Å². The zero-order valence-electron chi connectivity index (χ0n) is 8.61. The maximum absolute atomic E-state index is 2.40. The van der Waals surface area contributed by atoms with E-state index in [4.69, 9.17) is 0 Å². The van der Waals surface area contributed by atoms with Gasteiger partial charge in [0, 0.05) is 9.58 Å². The average molecular weight is 234 g/mol. The largest absolute Gasteiger partial charge is 0.162 e. The van der Waals surface area contributed by atoms with Crippen LogP contribution in [0.2, 0.25) is 0 Å². The Bertz CT molecular complexity index is 419. The second-order valence-electron chi connectivity index (χ2n) is 4.07. The molecule has 0 N–H and O–H groups in total. The molecule has 78 valence electrons. The molecule has 1 saturated heterocycles. The van der Waals surface area contributed by atoms with Crippen LogP contribution in [0.1, 0.15) is 23.6 Å². The first-order chi connectivity index (χ1) is 7.43. The maximum atomic E-state index is 2.40. The highest BCUT2D eigenvalue weighted by Gasteiger charge is 2.17. The fourth-order valence-electron chi connectivity index (χ4n) is 2.19. The van der Waals surface area contributed by atoms with E-state index in [9.17, 15) is 0 Å². The van der Waals surface area contributed by atoms with E-state index in [2.05, 4.69) is 42.1 Å². The van der Waals surface area contributed by atoms with E-state index in [0.717, 1.165) is 5.92 Å². The van der Waals surface area contributed by atoms with Gasteiger partial charge in [0.05, 0.1) is 0 Å². The van der Waals surface area contributed by atoms with Gasteiger partial charge in [-0.15, -0.1) is 11.3 Å². The molecule has 2 aromatic rings. The van der Waals surface area contributed by atoms with Crippen molar-refractivity contribution in [3.8, 4) is 0 Å². The number of rotatable bonds is 1. The third-order valence-electron chi connectivity index (χ3n) is 3.07. The van der Waals surface area contributed by atoms with Crippen LogP contribution in [0.25, 0.3) is 10.1 Å². The predicted molar refractivity (Wildman–Crippen MR) is 71.1 cm³/mol. The van der Waals surface area contributed by atoms with E-state index in [1.165, 1.54) is 34.4 Å². The van der Waals surface area contributed by atoms with Crippen LogP contribution >= 0.6 is 23.1 Å². The maximum Gasteiger partial charge on any atom is 0.0345 e. The SMILES string of the molecule is c1ccc2sc(C3CCSCC3)cc2c1. The Morgan fingerprint density at radius 1 is 1.07 bits per heavy atom. The molecule has 0 spiro atoms. The van der Waals surface area contributed by atoms with Crippen molar-refractivity contribution in [1.29, 1.82) is 0 Å². The van der Waals surface area contributed by atoms with E-state index in [1.54, 1.807) is 4.88 Å². The van der Waals surface area contributed by atoms with Crippen molar-refractivity contribution in [2.75, 3.05) is 11.5 Å². The Morgan fingerprint density at radius 3 is 2.67 bits per heavy atom. The fourth-order valence-corrected chi connectivity index (χ4v) is 4.53. The molecule has 0 saturated carbocycles. The summed E-state index contributed by atoms with van der Waals surface area (Å²) in [6.45, 7) is 0. The summed E-state index contributed by atoms with van der Waals surface area (Å²) in [6, 6.07) is 11.1. The summed E-state index contributed by atoms with van der Waals surface area (Å²) in [5.74, 6) is 3.53. The Kier molecular flexibility index (Phi) is 2.72. The molecule has 0 bridgehead atoms. The van der Waals surface area contributed by atoms with E-state index in [1.807, 2.05) is 11.3 Å². The highest BCUT2D eigenvalue weighted by molar-refractivity contribution is 7.99. The smallest absolute Gasteiger partial charge is 0.0345 e. The summed E-state index contributed by atoms with van der Waals surface area (Å²) in [6.07, 6.45) is 2.75. The van der Waals surface area contributed by atoms with Crippen LogP contribution in [0.15, 0.2) is 30.3 Å². The van der Waals surface area contributed by atoms with Crippen molar-refractivity contribution < 1.29 is 0 Å². The van der Waals surface area contributed by atoms with Gasteiger partial charge in [-0.05, 0) is 47.8 Å². The van der Waals surface area contributed by atoms with E-state index < -0.39 is 0 Å². The van der Waals surface area contributed by atoms with Gasteiger partial charge < -0.3 is 0 Å². The summed E-state index contributed by atoms with van der Waals surface area (Å²) in [7, 11) is 0. The Hall–Kier alpha value is -0.470. The quantitative estimate of drug-likeness (QED) is 0.699. The number of fused-ring (bicyclic) bond motifs is 1. The number of benzene rings is 1. The van der Waals surface area contributed by atoms with Crippen LogP contribution in [0.4, 0.5) is 0 Å². The van der Waals surface area contributed by atoms with E-state index in [0.29, 0.717) is 0 Å². The average Bonchev–Trinajstić information content (AvgIpc) is 2.74. The minimum Gasteiger partial charge on any atom is -0.162 e. The molecule has 0 aliphatic carbocycles. The normalized spacial score (nSPS) is 18.4. The molecule has 1 aromatic carbocycles. The Morgan fingerprint density at radius 2 is 1.87 bits per heavy atom. The number of hydrogen-bond acceptors (Lipinski definition) is 2. The molecule has 2 heteroatoms. The van der Waals surface area contributed by atoms with E-state index >= 15 is 0 Å². The van der Waals surface area contributed by atoms with Crippen molar-refractivity contribution in [3.63, 3.8) is 0 Å². The van der Waals surface area contributed by atoms with Crippen LogP contribution in [0.3, 0.4) is 0 Å². The molecule has 3 rings (SSSR count). The monoisotopic (exact) mass is 234 g/mol. The summed E-state index contributed by atoms with van der Waals surface area (Å²) in [5.41, 5.74) is 0. The van der Waals surface area contributed by atoms with Crippen LogP contribution in [-0.4, -0.2) is 11.5 Å². The van der Waals surface area contributed by atoms with Gasteiger partial charge >= 0.3 is 0 Å². The van der Waals surface area contributed by atoms with Gasteiger partial charge in [-0.25, -0.2) is 0 Å². The first-order valence-electron chi connectivity index (χ1n) is 5.50. The Labute approximate surface area is 98.7 Å². The predicted octanol–water partition coefficient (Wildman–Crippen LogP) is 4.51. The molecule has 1 fully saturated rings. The van der Waals surface area contributed by atoms with Crippen LogP contribution < -0.4 is 0 Å². The molecule has 0 unspecified atom stereocenters. The lowest BCUT2D eigenvalue weighted by Crippen LogP contribution is -2.05. The highest BCUT2D eigenvalue weighted by Crippen LogP contribution is 2.37. The topological polar surface area (TPSA) is 0 Å². The third-order valence-corrected chi connectivity index (χ3v) is 5.40. The Balaban J connectivity index is 1.96. The molecule has 0 atom stereocenters. The summed E-state index contributed by atoms with van der Waals surface area (Å²) < 4.78 is 1.45. The standard InChI is InChI=1S/C13H14S2/c1-2-4-12-11(3-1)9-13(15-12)10-5-7-14-8-6-10/h1-4,9-10H,5-8H2. The van der Waals surface area contributed by atoms with Crippen molar-refractivity contribution in [2.45, 2.75) is 18.8 Å². The number of thiophene rings is 1. The van der Waals surface area contributed by atoms with Crippen molar-refractivity contribution >= 4 is 33.2 Å². The van der Waals surface area contributed by atoms with Crippen LogP contribution in [-0.2, 0) is 0 Å². The van der Waals surface area contributed by atoms with Gasteiger partial charge in [-0.1, -0.05) is 18.2 Å². The molecule has 1 aliphatic heterocycles. The molecular formula is C13H14S2. The van der Waals surface area contributed by atoms with Crippen molar-refractivity contribution in [3.05, 3.63) is 35.2 Å². The second-order valence-corrected chi connectivity index (χ2v) is 6.41. The summed E-state index contributed by atoms with van der Waals surface area (Å²) >= 11 is 4.10. The molecule has 0 amide bonds. The van der Waals surface area contributed by atoms with Gasteiger partial charge in [-0.2, -0.15) is 11.8 Å². The molecule has 1 aromatic heterocycles. The minimum atomic E-state index is 0.837. The van der Waals surface area contributed by atoms with Gasteiger partial charge in [0.1, 0.15) is 0 Å².